The minimum Gasteiger partial charge on any atom is -0.478 e. The number of halogens is 1. The van der Waals surface area contributed by atoms with Gasteiger partial charge >= 0.3 is 5.97 Å². The van der Waals surface area contributed by atoms with Gasteiger partial charge in [0.2, 0.25) is 10.0 Å². The fraction of sp³-hybridized carbons (Fsp3) is 0.364. The van der Waals surface area contributed by atoms with Gasteiger partial charge in [-0.05, 0) is 18.2 Å². The predicted molar refractivity (Wildman–Crippen MR) is 77.2 cm³/mol. The van der Waals surface area contributed by atoms with Gasteiger partial charge in [0.25, 0.3) is 0 Å². The van der Waals surface area contributed by atoms with E-state index in [0.717, 1.165) is 18.2 Å². The summed E-state index contributed by atoms with van der Waals surface area (Å²) in [5, 5.41) is 18.3. The fourth-order valence-electron chi connectivity index (χ4n) is 2.05. The van der Waals surface area contributed by atoms with Crippen molar-refractivity contribution >= 4 is 37.4 Å². The Balaban J connectivity index is 2.35. The Morgan fingerprint density at radius 3 is 2.45 bits per heavy atom. The average molecular weight is 370 g/mol. The first kappa shape index (κ1) is 17.2. The van der Waals surface area contributed by atoms with Crippen molar-refractivity contribution in [2.75, 3.05) is 11.5 Å². The second kappa shape index (κ2) is 5.78. The molecule has 122 valence electrons. The number of benzene rings is 1. The van der Waals surface area contributed by atoms with Crippen LogP contribution in [0.5, 0.6) is 0 Å². The summed E-state index contributed by atoms with van der Waals surface area (Å²) in [4.78, 5) is 10.4. The zero-order chi connectivity index (χ0) is 16.7. The van der Waals surface area contributed by atoms with E-state index in [2.05, 4.69) is 0 Å². The highest BCUT2D eigenvalue weighted by atomic mass is 35.5. The third-order valence-electron chi connectivity index (χ3n) is 3.10. The minimum absolute atomic E-state index is 0.215. The van der Waals surface area contributed by atoms with E-state index < -0.39 is 54.4 Å². The van der Waals surface area contributed by atoms with Crippen molar-refractivity contribution in [3.63, 3.8) is 0 Å². The number of aliphatic hydroxyl groups excluding tert-OH is 1. The molecule has 0 aliphatic carbocycles. The molecular formula is C11H12ClNO7S2. The summed E-state index contributed by atoms with van der Waals surface area (Å²) in [7, 11) is -7.82. The highest BCUT2D eigenvalue weighted by Gasteiger charge is 2.39. The van der Waals surface area contributed by atoms with E-state index in [1.807, 2.05) is 4.72 Å². The largest absolute Gasteiger partial charge is 0.478 e. The van der Waals surface area contributed by atoms with E-state index in [4.69, 9.17) is 16.7 Å². The van der Waals surface area contributed by atoms with E-state index in [1.165, 1.54) is 0 Å². The fourth-order valence-corrected chi connectivity index (χ4v) is 5.69. The lowest BCUT2D eigenvalue weighted by molar-refractivity contribution is 0.0696. The summed E-state index contributed by atoms with van der Waals surface area (Å²) in [5.41, 5.74) is -0.288. The zero-order valence-corrected chi connectivity index (χ0v) is 13.3. The van der Waals surface area contributed by atoms with Crippen LogP contribution < -0.4 is 4.72 Å². The number of hydrogen-bond donors (Lipinski definition) is 3. The van der Waals surface area contributed by atoms with Gasteiger partial charge in [0, 0.05) is 0 Å². The summed E-state index contributed by atoms with van der Waals surface area (Å²) in [6.07, 6.45) is -1.37. The van der Waals surface area contributed by atoms with Gasteiger partial charge in [-0.15, -0.1) is 0 Å². The summed E-state index contributed by atoms with van der Waals surface area (Å²) in [6, 6.07) is 1.91. The maximum absolute atomic E-state index is 12.2. The second-order valence-corrected chi connectivity index (χ2v) is 9.07. The molecule has 11 heteroatoms. The van der Waals surface area contributed by atoms with E-state index in [1.54, 1.807) is 0 Å². The highest BCUT2D eigenvalue weighted by molar-refractivity contribution is 7.92. The predicted octanol–water partition coefficient (Wildman–Crippen LogP) is -0.526. The van der Waals surface area contributed by atoms with Crippen LogP contribution in [0.4, 0.5) is 0 Å². The van der Waals surface area contributed by atoms with Gasteiger partial charge in [0.15, 0.2) is 9.84 Å². The van der Waals surface area contributed by atoms with Crippen LogP contribution in [-0.2, 0) is 19.9 Å². The molecule has 1 saturated heterocycles. The quantitative estimate of drug-likeness (QED) is 0.648. The van der Waals surface area contributed by atoms with Crippen molar-refractivity contribution in [2.45, 2.75) is 17.0 Å². The normalized spacial score (nSPS) is 24.3. The number of carbonyl (C=O) groups is 1. The highest BCUT2D eigenvalue weighted by Crippen LogP contribution is 2.24. The first-order chi connectivity index (χ1) is 10.0. The Morgan fingerprint density at radius 2 is 1.95 bits per heavy atom. The Labute approximate surface area is 131 Å². The standard InChI is InChI=1S/C11H12ClNO7S2/c12-7-2-1-6(11(15)16)3-10(7)22(19,20)13-8-4-21(17,18)5-9(8)14/h1-3,8-9,13-14H,4-5H2,(H,15,16)/t8-,9+/m0/s1. The molecule has 0 unspecified atom stereocenters. The number of carboxylic acid groups (broad SMARTS) is 1. The number of aromatic carboxylic acids is 1. The van der Waals surface area contributed by atoms with Gasteiger partial charge in [-0.2, -0.15) is 0 Å². The van der Waals surface area contributed by atoms with Gasteiger partial charge in [-0.25, -0.2) is 26.4 Å². The third kappa shape index (κ3) is 3.58. The van der Waals surface area contributed by atoms with Gasteiger partial charge < -0.3 is 10.2 Å². The molecule has 0 saturated carbocycles. The van der Waals surface area contributed by atoms with Crippen molar-refractivity contribution < 1.29 is 31.8 Å². The van der Waals surface area contributed by atoms with Crippen molar-refractivity contribution in [3.05, 3.63) is 28.8 Å². The Hall–Kier alpha value is -1.20. The van der Waals surface area contributed by atoms with E-state index in [9.17, 15) is 26.7 Å². The molecule has 1 aromatic carbocycles. The third-order valence-corrected chi connectivity index (χ3v) is 6.78. The van der Waals surface area contributed by atoms with Crippen LogP contribution >= 0.6 is 11.6 Å². The van der Waals surface area contributed by atoms with Crippen LogP contribution in [0.15, 0.2) is 23.1 Å². The number of sulfonamides is 1. The molecule has 0 spiro atoms. The van der Waals surface area contributed by atoms with Gasteiger partial charge in [-0.3, -0.25) is 0 Å². The van der Waals surface area contributed by atoms with Crippen molar-refractivity contribution in [1.29, 1.82) is 0 Å². The van der Waals surface area contributed by atoms with Crippen molar-refractivity contribution in [3.8, 4) is 0 Å². The lowest BCUT2D eigenvalue weighted by atomic mass is 10.2. The number of aliphatic hydroxyl groups is 1. The van der Waals surface area contributed by atoms with Crippen molar-refractivity contribution in [1.82, 2.24) is 4.72 Å². The molecule has 1 aliphatic rings. The molecule has 0 bridgehead atoms. The maximum Gasteiger partial charge on any atom is 0.335 e. The minimum atomic E-state index is -4.28. The van der Waals surface area contributed by atoms with Crippen LogP contribution in [0, 0.1) is 0 Å². The maximum atomic E-state index is 12.2. The van der Waals surface area contributed by atoms with Gasteiger partial charge in [0.05, 0.1) is 34.2 Å². The first-order valence-corrected chi connectivity index (χ1v) is 9.64. The Morgan fingerprint density at radius 1 is 1.32 bits per heavy atom. The monoisotopic (exact) mass is 369 g/mol. The molecule has 8 nitrogen and oxygen atoms in total. The molecule has 22 heavy (non-hydrogen) atoms. The van der Waals surface area contributed by atoms with Gasteiger partial charge in [0.1, 0.15) is 4.90 Å². The summed E-state index contributed by atoms with van der Waals surface area (Å²) >= 11 is 5.77. The molecule has 1 aliphatic heterocycles. The molecule has 1 heterocycles. The van der Waals surface area contributed by atoms with E-state index >= 15 is 0 Å². The molecule has 1 aromatic rings. The van der Waals surface area contributed by atoms with Crippen LogP contribution in [0.2, 0.25) is 5.02 Å². The molecule has 0 aromatic heterocycles. The summed E-state index contributed by atoms with van der Waals surface area (Å²) < 4.78 is 49.3. The van der Waals surface area contributed by atoms with Crippen molar-refractivity contribution in [2.24, 2.45) is 0 Å². The number of rotatable bonds is 4. The van der Waals surface area contributed by atoms with Crippen LogP contribution in [0.3, 0.4) is 0 Å². The summed E-state index contributed by atoms with van der Waals surface area (Å²) in [5.74, 6) is -2.41. The Kier molecular flexibility index (Phi) is 4.51. The molecule has 1 fully saturated rings. The smallest absolute Gasteiger partial charge is 0.335 e. The van der Waals surface area contributed by atoms with Gasteiger partial charge in [-0.1, -0.05) is 11.6 Å². The second-order valence-electron chi connectivity index (χ2n) is 4.82. The first-order valence-electron chi connectivity index (χ1n) is 5.95. The molecule has 2 atom stereocenters. The number of carboxylic acids is 1. The lowest BCUT2D eigenvalue weighted by Crippen LogP contribution is -2.42. The zero-order valence-electron chi connectivity index (χ0n) is 10.9. The van der Waals surface area contributed by atoms with Crippen LogP contribution in [-0.4, -0.2) is 56.7 Å². The number of nitrogens with one attached hydrogen (secondary N) is 1. The van der Waals surface area contributed by atoms with Crippen LogP contribution in [0.25, 0.3) is 0 Å². The molecular weight excluding hydrogens is 358 g/mol. The topological polar surface area (TPSA) is 138 Å². The number of sulfone groups is 1. The molecule has 0 amide bonds. The van der Waals surface area contributed by atoms with E-state index in [0.29, 0.717) is 0 Å². The molecule has 2 rings (SSSR count). The summed E-state index contributed by atoms with van der Waals surface area (Å²) in [6.45, 7) is 0. The SMILES string of the molecule is O=C(O)c1ccc(Cl)c(S(=O)(=O)N[C@H]2CS(=O)(=O)C[C@H]2O)c1. The molecule has 3 N–H and O–H groups in total. The average Bonchev–Trinajstić information content (AvgIpc) is 2.61. The van der Waals surface area contributed by atoms with E-state index in [-0.39, 0.29) is 10.6 Å². The Bertz CT molecular complexity index is 819. The van der Waals surface area contributed by atoms with Crippen LogP contribution in [0.1, 0.15) is 10.4 Å². The lowest BCUT2D eigenvalue weighted by Gasteiger charge is -2.16. The number of hydrogen-bond acceptors (Lipinski definition) is 6. The molecule has 0 radical (unpaired) electrons.